The number of amides is 1. The molecule has 1 fully saturated rings. The molecule has 1 aromatic rings. The first kappa shape index (κ1) is 23.7. The SMILES string of the molecule is CN(C)C(=O)CN=C(NCc1ncc(C(C)(C)C)o1)NC1CCCCC1.I. The van der Waals surface area contributed by atoms with Crippen LogP contribution in [-0.2, 0) is 16.8 Å². The minimum Gasteiger partial charge on any atom is -0.443 e. The van der Waals surface area contributed by atoms with Gasteiger partial charge in [0.1, 0.15) is 12.3 Å². The lowest BCUT2D eigenvalue weighted by Gasteiger charge is -2.25. The van der Waals surface area contributed by atoms with Gasteiger partial charge in [-0.15, -0.1) is 24.0 Å². The summed E-state index contributed by atoms with van der Waals surface area (Å²) < 4.78 is 5.82. The quantitative estimate of drug-likeness (QED) is 0.376. The van der Waals surface area contributed by atoms with Crippen LogP contribution in [0.3, 0.4) is 0 Å². The van der Waals surface area contributed by atoms with Crippen LogP contribution in [0.1, 0.15) is 64.5 Å². The molecule has 0 unspecified atom stereocenters. The number of hydrogen-bond acceptors (Lipinski definition) is 4. The Kier molecular flexibility index (Phi) is 9.55. The minimum absolute atomic E-state index is 0. The maximum absolute atomic E-state index is 11.9. The van der Waals surface area contributed by atoms with Crippen molar-refractivity contribution in [2.45, 2.75) is 70.9 Å². The van der Waals surface area contributed by atoms with E-state index < -0.39 is 0 Å². The van der Waals surface area contributed by atoms with E-state index in [1.54, 1.807) is 25.2 Å². The summed E-state index contributed by atoms with van der Waals surface area (Å²) in [5.41, 5.74) is -0.0688. The highest BCUT2D eigenvalue weighted by Crippen LogP contribution is 2.22. The summed E-state index contributed by atoms with van der Waals surface area (Å²) in [7, 11) is 3.47. The molecule has 1 heterocycles. The van der Waals surface area contributed by atoms with E-state index in [-0.39, 0.29) is 41.8 Å². The molecule has 0 saturated heterocycles. The zero-order valence-electron chi connectivity index (χ0n) is 17.2. The first-order chi connectivity index (χ1) is 12.3. The Balaban J connectivity index is 0.00000364. The van der Waals surface area contributed by atoms with Crippen LogP contribution >= 0.6 is 24.0 Å². The fourth-order valence-electron chi connectivity index (χ4n) is 2.78. The fraction of sp³-hybridized carbons (Fsp3) is 0.737. The van der Waals surface area contributed by atoms with E-state index in [0.717, 1.165) is 18.6 Å². The van der Waals surface area contributed by atoms with Crippen molar-refractivity contribution in [1.82, 2.24) is 20.5 Å². The molecule has 0 atom stereocenters. The van der Waals surface area contributed by atoms with Gasteiger partial charge in [-0.3, -0.25) is 4.79 Å². The van der Waals surface area contributed by atoms with Gasteiger partial charge in [0.25, 0.3) is 0 Å². The van der Waals surface area contributed by atoms with Gasteiger partial charge < -0.3 is 20.0 Å². The number of guanidine groups is 1. The Bertz CT molecular complexity index is 616. The molecule has 0 aromatic carbocycles. The largest absolute Gasteiger partial charge is 0.443 e. The molecule has 7 nitrogen and oxygen atoms in total. The number of likely N-dealkylation sites (N-methyl/N-ethyl adjacent to an activating group) is 1. The first-order valence-corrected chi connectivity index (χ1v) is 9.46. The van der Waals surface area contributed by atoms with Gasteiger partial charge >= 0.3 is 0 Å². The molecule has 1 aliphatic carbocycles. The molecule has 1 amide bonds. The Morgan fingerprint density at radius 2 is 1.96 bits per heavy atom. The van der Waals surface area contributed by atoms with Crippen LogP contribution in [0.25, 0.3) is 0 Å². The van der Waals surface area contributed by atoms with Crippen LogP contribution in [0, 0.1) is 0 Å². The molecule has 0 radical (unpaired) electrons. The number of carbonyl (C=O) groups is 1. The highest BCUT2D eigenvalue weighted by Gasteiger charge is 2.20. The summed E-state index contributed by atoms with van der Waals surface area (Å²) in [5.74, 6) is 2.09. The zero-order valence-corrected chi connectivity index (χ0v) is 19.5. The Labute approximate surface area is 179 Å². The molecule has 2 N–H and O–H groups in total. The van der Waals surface area contributed by atoms with E-state index in [1.807, 2.05) is 0 Å². The standard InChI is InChI=1S/C19H33N5O2.HI/c1-19(2,3)15-11-20-16(26-15)12-21-18(22-13-17(25)24(4)5)23-14-9-7-6-8-10-14;/h11,14H,6-10,12-13H2,1-5H3,(H2,21,22,23);1H. The van der Waals surface area contributed by atoms with Crippen LogP contribution in [-0.4, -0.2) is 48.4 Å². The second-order valence-electron chi connectivity index (χ2n) is 8.15. The Morgan fingerprint density at radius 1 is 1.30 bits per heavy atom. The third-order valence-electron chi connectivity index (χ3n) is 4.52. The van der Waals surface area contributed by atoms with Crippen molar-refractivity contribution in [2.24, 2.45) is 4.99 Å². The van der Waals surface area contributed by atoms with E-state index in [2.05, 4.69) is 41.4 Å². The van der Waals surface area contributed by atoms with Crippen LogP contribution in [0.5, 0.6) is 0 Å². The Hall–Kier alpha value is -1.32. The van der Waals surface area contributed by atoms with Crippen molar-refractivity contribution in [2.75, 3.05) is 20.6 Å². The predicted octanol–water partition coefficient (Wildman–Crippen LogP) is 3.05. The highest BCUT2D eigenvalue weighted by molar-refractivity contribution is 14.0. The van der Waals surface area contributed by atoms with Gasteiger partial charge in [-0.05, 0) is 12.8 Å². The molecule has 154 valence electrons. The maximum atomic E-state index is 11.9. The van der Waals surface area contributed by atoms with E-state index in [0.29, 0.717) is 24.4 Å². The first-order valence-electron chi connectivity index (χ1n) is 9.46. The van der Waals surface area contributed by atoms with Crippen LogP contribution in [0.15, 0.2) is 15.6 Å². The highest BCUT2D eigenvalue weighted by atomic mass is 127. The lowest BCUT2D eigenvalue weighted by molar-refractivity contribution is -0.127. The number of oxazole rings is 1. The number of nitrogens with zero attached hydrogens (tertiary/aromatic N) is 3. The molecule has 0 spiro atoms. The molecule has 2 rings (SSSR count). The molecular formula is C19H34IN5O2. The predicted molar refractivity (Wildman–Crippen MR) is 118 cm³/mol. The van der Waals surface area contributed by atoms with Crippen LogP contribution in [0.2, 0.25) is 0 Å². The van der Waals surface area contributed by atoms with Crippen LogP contribution in [0.4, 0.5) is 0 Å². The number of carbonyl (C=O) groups excluding carboxylic acids is 1. The van der Waals surface area contributed by atoms with Crippen molar-refractivity contribution < 1.29 is 9.21 Å². The number of nitrogens with one attached hydrogen (secondary N) is 2. The summed E-state index contributed by atoms with van der Waals surface area (Å²) in [6, 6.07) is 0.402. The number of aliphatic imine (C=N–C) groups is 1. The van der Waals surface area contributed by atoms with Gasteiger partial charge in [-0.25, -0.2) is 9.98 Å². The van der Waals surface area contributed by atoms with Crippen molar-refractivity contribution in [3.63, 3.8) is 0 Å². The molecule has 27 heavy (non-hydrogen) atoms. The minimum atomic E-state index is -0.0688. The molecule has 0 bridgehead atoms. The van der Waals surface area contributed by atoms with E-state index >= 15 is 0 Å². The van der Waals surface area contributed by atoms with Crippen LogP contribution < -0.4 is 10.6 Å². The Morgan fingerprint density at radius 3 is 2.52 bits per heavy atom. The monoisotopic (exact) mass is 491 g/mol. The summed E-state index contributed by atoms with van der Waals surface area (Å²) in [6.07, 6.45) is 7.80. The average molecular weight is 491 g/mol. The van der Waals surface area contributed by atoms with Crippen molar-refractivity contribution in [1.29, 1.82) is 0 Å². The third-order valence-corrected chi connectivity index (χ3v) is 4.52. The van der Waals surface area contributed by atoms with Gasteiger partial charge in [-0.2, -0.15) is 0 Å². The molecule has 8 heteroatoms. The topological polar surface area (TPSA) is 82.8 Å². The van der Waals surface area contributed by atoms with Gasteiger partial charge in [0.05, 0.1) is 12.7 Å². The van der Waals surface area contributed by atoms with Crippen molar-refractivity contribution >= 4 is 35.8 Å². The van der Waals surface area contributed by atoms with E-state index in [1.165, 1.54) is 19.3 Å². The van der Waals surface area contributed by atoms with Crippen molar-refractivity contribution in [3.8, 4) is 0 Å². The lowest BCUT2D eigenvalue weighted by atomic mass is 9.94. The smallest absolute Gasteiger partial charge is 0.243 e. The average Bonchev–Trinajstić information content (AvgIpc) is 3.07. The molecule has 1 aromatic heterocycles. The molecule has 1 saturated carbocycles. The summed E-state index contributed by atoms with van der Waals surface area (Å²) in [6.45, 7) is 6.83. The number of halogens is 1. The maximum Gasteiger partial charge on any atom is 0.243 e. The normalized spacial score (nSPS) is 15.8. The molecule has 1 aliphatic rings. The number of rotatable bonds is 5. The van der Waals surface area contributed by atoms with Crippen molar-refractivity contribution in [3.05, 3.63) is 17.8 Å². The second kappa shape index (κ2) is 10.9. The molecule has 0 aliphatic heterocycles. The number of aromatic nitrogens is 1. The van der Waals surface area contributed by atoms with E-state index in [4.69, 9.17) is 4.42 Å². The number of hydrogen-bond donors (Lipinski definition) is 2. The summed E-state index contributed by atoms with van der Waals surface area (Å²) in [5, 5.41) is 6.71. The summed E-state index contributed by atoms with van der Waals surface area (Å²) >= 11 is 0. The fourth-order valence-corrected chi connectivity index (χ4v) is 2.78. The van der Waals surface area contributed by atoms with Gasteiger partial charge in [0, 0.05) is 25.6 Å². The van der Waals surface area contributed by atoms with Gasteiger partial charge in [-0.1, -0.05) is 40.0 Å². The third kappa shape index (κ3) is 8.06. The van der Waals surface area contributed by atoms with Gasteiger partial charge in [0.2, 0.25) is 11.8 Å². The zero-order chi connectivity index (χ0) is 19.2. The summed E-state index contributed by atoms with van der Waals surface area (Å²) in [4.78, 5) is 22.2. The lowest BCUT2D eigenvalue weighted by Crippen LogP contribution is -2.44. The molecular weight excluding hydrogens is 457 g/mol. The van der Waals surface area contributed by atoms with Gasteiger partial charge in [0.15, 0.2) is 5.96 Å². The van der Waals surface area contributed by atoms with E-state index in [9.17, 15) is 4.79 Å². The second-order valence-corrected chi connectivity index (χ2v) is 8.15.